The second kappa shape index (κ2) is 4.29. The van der Waals surface area contributed by atoms with E-state index in [9.17, 15) is 4.79 Å². The largest absolute Gasteiger partial charge is 0.474 e. The average molecular weight is 206 g/mol. The van der Waals surface area contributed by atoms with Gasteiger partial charge in [-0.1, -0.05) is 6.07 Å². The van der Waals surface area contributed by atoms with Gasteiger partial charge in [0.25, 0.3) is 5.91 Å². The summed E-state index contributed by atoms with van der Waals surface area (Å²) in [5, 5.41) is 0. The Balaban J connectivity index is 2.07. The fourth-order valence-electron chi connectivity index (χ4n) is 1.79. The first-order valence-corrected chi connectivity index (χ1v) is 5.19. The Kier molecular flexibility index (Phi) is 2.85. The van der Waals surface area contributed by atoms with Crippen molar-refractivity contribution < 1.29 is 9.53 Å². The van der Waals surface area contributed by atoms with Gasteiger partial charge in [-0.05, 0) is 31.7 Å². The topological polar surface area (TPSA) is 65.2 Å². The lowest BCUT2D eigenvalue weighted by Gasteiger charge is -2.11. The standard InChI is InChI=1S/C11H14N2O2/c12-11(14)9-6-3-7-10(13-9)15-8-4-1-2-5-8/h3,6-8H,1-2,4-5H2,(H2,12,14). The number of amides is 1. The fraction of sp³-hybridized carbons (Fsp3) is 0.455. The van der Waals surface area contributed by atoms with Gasteiger partial charge in [-0.25, -0.2) is 4.98 Å². The van der Waals surface area contributed by atoms with Crippen molar-refractivity contribution in [2.75, 3.05) is 0 Å². The van der Waals surface area contributed by atoms with Crippen LogP contribution in [-0.2, 0) is 0 Å². The summed E-state index contributed by atoms with van der Waals surface area (Å²) in [5.41, 5.74) is 5.39. The Morgan fingerprint density at radius 2 is 2.13 bits per heavy atom. The minimum atomic E-state index is -0.521. The van der Waals surface area contributed by atoms with Crippen molar-refractivity contribution in [3.8, 4) is 5.88 Å². The number of carbonyl (C=O) groups is 1. The van der Waals surface area contributed by atoms with Gasteiger partial charge in [-0.3, -0.25) is 4.79 Å². The fourth-order valence-corrected chi connectivity index (χ4v) is 1.79. The highest BCUT2D eigenvalue weighted by Gasteiger charge is 2.17. The Morgan fingerprint density at radius 3 is 2.80 bits per heavy atom. The van der Waals surface area contributed by atoms with Gasteiger partial charge in [0.05, 0.1) is 0 Å². The minimum absolute atomic E-state index is 0.251. The number of hydrogen-bond donors (Lipinski definition) is 1. The monoisotopic (exact) mass is 206 g/mol. The maximum Gasteiger partial charge on any atom is 0.267 e. The van der Waals surface area contributed by atoms with E-state index in [-0.39, 0.29) is 11.8 Å². The first-order chi connectivity index (χ1) is 7.25. The second-order valence-corrected chi connectivity index (χ2v) is 3.75. The molecule has 4 nitrogen and oxygen atoms in total. The minimum Gasteiger partial charge on any atom is -0.474 e. The van der Waals surface area contributed by atoms with Crippen molar-refractivity contribution in [1.82, 2.24) is 4.98 Å². The van der Waals surface area contributed by atoms with E-state index >= 15 is 0 Å². The van der Waals surface area contributed by atoms with Crippen LogP contribution < -0.4 is 10.5 Å². The van der Waals surface area contributed by atoms with E-state index in [4.69, 9.17) is 10.5 Å². The molecule has 0 bridgehead atoms. The Bertz CT molecular complexity index is 359. The van der Waals surface area contributed by atoms with Crippen LogP contribution in [0.4, 0.5) is 0 Å². The average Bonchev–Trinajstić information content (AvgIpc) is 2.71. The molecule has 0 unspecified atom stereocenters. The van der Waals surface area contributed by atoms with Gasteiger partial charge < -0.3 is 10.5 Å². The van der Waals surface area contributed by atoms with Gasteiger partial charge in [0, 0.05) is 6.07 Å². The molecule has 0 spiro atoms. The first-order valence-electron chi connectivity index (χ1n) is 5.19. The molecule has 2 rings (SSSR count). The van der Waals surface area contributed by atoms with Gasteiger partial charge in [-0.2, -0.15) is 0 Å². The number of hydrogen-bond acceptors (Lipinski definition) is 3. The van der Waals surface area contributed by atoms with Crippen molar-refractivity contribution in [1.29, 1.82) is 0 Å². The molecule has 1 aliphatic carbocycles. The molecule has 0 atom stereocenters. The summed E-state index contributed by atoms with van der Waals surface area (Å²) in [6, 6.07) is 5.08. The summed E-state index contributed by atoms with van der Waals surface area (Å²) in [6.07, 6.45) is 4.81. The lowest BCUT2D eigenvalue weighted by Crippen LogP contribution is -2.16. The van der Waals surface area contributed by atoms with Gasteiger partial charge in [0.2, 0.25) is 5.88 Å². The Hall–Kier alpha value is -1.58. The maximum atomic E-state index is 10.9. The van der Waals surface area contributed by atoms with Gasteiger partial charge in [0.15, 0.2) is 0 Å². The number of ether oxygens (including phenoxy) is 1. The number of primary amides is 1. The third-order valence-electron chi connectivity index (χ3n) is 2.57. The van der Waals surface area contributed by atoms with Crippen LogP contribution in [0.5, 0.6) is 5.88 Å². The molecular weight excluding hydrogens is 192 g/mol. The van der Waals surface area contributed by atoms with E-state index in [0.29, 0.717) is 5.88 Å². The zero-order valence-electron chi connectivity index (χ0n) is 8.48. The van der Waals surface area contributed by atoms with Crippen molar-refractivity contribution in [2.45, 2.75) is 31.8 Å². The van der Waals surface area contributed by atoms with Crippen LogP contribution in [0, 0.1) is 0 Å². The van der Waals surface area contributed by atoms with Crippen LogP contribution in [0.15, 0.2) is 18.2 Å². The molecule has 1 saturated carbocycles. The highest BCUT2D eigenvalue weighted by molar-refractivity contribution is 5.90. The molecule has 80 valence electrons. The van der Waals surface area contributed by atoms with Crippen LogP contribution in [0.3, 0.4) is 0 Å². The highest BCUT2D eigenvalue weighted by Crippen LogP contribution is 2.22. The van der Waals surface area contributed by atoms with Crippen LogP contribution in [-0.4, -0.2) is 17.0 Å². The highest BCUT2D eigenvalue weighted by atomic mass is 16.5. The predicted molar refractivity (Wildman–Crippen MR) is 55.6 cm³/mol. The first kappa shape index (κ1) is 9.96. The third-order valence-corrected chi connectivity index (χ3v) is 2.57. The summed E-state index contributed by atoms with van der Waals surface area (Å²) in [7, 11) is 0. The van der Waals surface area contributed by atoms with E-state index in [1.54, 1.807) is 18.2 Å². The Morgan fingerprint density at radius 1 is 1.40 bits per heavy atom. The van der Waals surface area contributed by atoms with Crippen LogP contribution in [0.1, 0.15) is 36.2 Å². The number of carbonyl (C=O) groups excluding carboxylic acids is 1. The number of pyridine rings is 1. The zero-order chi connectivity index (χ0) is 10.7. The molecule has 15 heavy (non-hydrogen) atoms. The van der Waals surface area contributed by atoms with Crippen molar-refractivity contribution >= 4 is 5.91 Å². The maximum absolute atomic E-state index is 10.9. The van der Waals surface area contributed by atoms with Gasteiger partial charge in [-0.15, -0.1) is 0 Å². The molecular formula is C11H14N2O2. The Labute approximate surface area is 88.4 Å². The third kappa shape index (κ3) is 2.46. The molecule has 0 aliphatic heterocycles. The van der Waals surface area contributed by atoms with E-state index in [0.717, 1.165) is 12.8 Å². The van der Waals surface area contributed by atoms with Crippen LogP contribution >= 0.6 is 0 Å². The van der Waals surface area contributed by atoms with Gasteiger partial charge in [0.1, 0.15) is 11.8 Å². The molecule has 1 aliphatic rings. The molecule has 0 aromatic carbocycles. The molecule has 4 heteroatoms. The summed E-state index contributed by atoms with van der Waals surface area (Å²) in [5.74, 6) is -0.0231. The van der Waals surface area contributed by atoms with E-state index in [1.165, 1.54) is 12.8 Å². The molecule has 0 saturated heterocycles. The number of nitrogens with zero attached hydrogens (tertiary/aromatic N) is 1. The SMILES string of the molecule is NC(=O)c1cccc(OC2CCCC2)n1. The molecule has 1 amide bonds. The number of rotatable bonds is 3. The molecule has 1 aromatic heterocycles. The smallest absolute Gasteiger partial charge is 0.267 e. The number of aromatic nitrogens is 1. The number of nitrogens with two attached hydrogens (primary N) is 1. The molecule has 1 fully saturated rings. The lowest BCUT2D eigenvalue weighted by molar-refractivity contribution is 0.0993. The summed E-state index contributed by atoms with van der Waals surface area (Å²) in [4.78, 5) is 14.9. The molecule has 2 N–H and O–H groups in total. The summed E-state index contributed by atoms with van der Waals surface area (Å²) < 4.78 is 5.65. The van der Waals surface area contributed by atoms with E-state index in [1.807, 2.05) is 0 Å². The second-order valence-electron chi connectivity index (χ2n) is 3.75. The zero-order valence-corrected chi connectivity index (χ0v) is 8.48. The van der Waals surface area contributed by atoms with Crippen molar-refractivity contribution in [3.05, 3.63) is 23.9 Å². The summed E-state index contributed by atoms with van der Waals surface area (Å²) in [6.45, 7) is 0. The quantitative estimate of drug-likeness (QED) is 0.815. The molecule has 0 radical (unpaired) electrons. The van der Waals surface area contributed by atoms with E-state index in [2.05, 4.69) is 4.98 Å². The molecule has 1 aromatic rings. The normalized spacial score (nSPS) is 16.5. The van der Waals surface area contributed by atoms with Crippen LogP contribution in [0.2, 0.25) is 0 Å². The summed E-state index contributed by atoms with van der Waals surface area (Å²) >= 11 is 0. The lowest BCUT2D eigenvalue weighted by atomic mass is 10.3. The van der Waals surface area contributed by atoms with Crippen molar-refractivity contribution in [3.63, 3.8) is 0 Å². The van der Waals surface area contributed by atoms with Crippen LogP contribution in [0.25, 0.3) is 0 Å². The van der Waals surface area contributed by atoms with E-state index < -0.39 is 5.91 Å². The predicted octanol–water partition coefficient (Wildman–Crippen LogP) is 1.50. The van der Waals surface area contributed by atoms with Crippen molar-refractivity contribution in [2.24, 2.45) is 5.73 Å². The molecule has 1 heterocycles. The van der Waals surface area contributed by atoms with Gasteiger partial charge >= 0.3 is 0 Å².